The third-order valence-corrected chi connectivity index (χ3v) is 3.88. The van der Waals surface area contributed by atoms with E-state index < -0.39 is 0 Å². The van der Waals surface area contributed by atoms with Gasteiger partial charge in [0.05, 0.1) is 5.52 Å². The van der Waals surface area contributed by atoms with Crippen molar-refractivity contribution in [2.75, 3.05) is 6.54 Å². The highest BCUT2D eigenvalue weighted by molar-refractivity contribution is 5.73. The molecule has 0 aliphatic heterocycles. The van der Waals surface area contributed by atoms with Crippen LogP contribution < -0.4 is 11.1 Å². The summed E-state index contributed by atoms with van der Waals surface area (Å²) in [5.41, 5.74) is 2.78. The number of benzene rings is 1. The Morgan fingerprint density at radius 2 is 2.26 bits per heavy atom. The van der Waals surface area contributed by atoms with E-state index in [9.17, 15) is 4.79 Å². The van der Waals surface area contributed by atoms with Crippen LogP contribution in [0.15, 0.2) is 27.4 Å². The highest BCUT2D eigenvalue weighted by atomic mass is 16.4. The molecule has 0 saturated heterocycles. The summed E-state index contributed by atoms with van der Waals surface area (Å²) in [5.74, 6) is 0.441. The van der Waals surface area contributed by atoms with Crippen molar-refractivity contribution in [3.8, 4) is 0 Å². The van der Waals surface area contributed by atoms with Crippen molar-refractivity contribution in [3.05, 3.63) is 34.3 Å². The van der Waals surface area contributed by atoms with Crippen molar-refractivity contribution in [2.24, 2.45) is 13.0 Å². The molecule has 1 unspecified atom stereocenters. The molecule has 0 spiro atoms. The second kappa shape index (κ2) is 4.85. The predicted octanol–water partition coefficient (Wildman–Crippen LogP) is 2.58. The lowest BCUT2D eigenvalue weighted by Gasteiger charge is -2.18. The molecule has 4 heteroatoms. The van der Waals surface area contributed by atoms with E-state index in [0.717, 1.165) is 24.4 Å². The fourth-order valence-electron chi connectivity index (χ4n) is 2.63. The highest BCUT2D eigenvalue weighted by Crippen LogP contribution is 2.41. The minimum atomic E-state index is -0.295. The Bertz CT molecular complexity index is 637. The van der Waals surface area contributed by atoms with Crippen LogP contribution >= 0.6 is 0 Å². The number of hydrogen-bond acceptors (Lipinski definition) is 3. The summed E-state index contributed by atoms with van der Waals surface area (Å²) >= 11 is 0. The summed E-state index contributed by atoms with van der Waals surface area (Å²) < 4.78 is 6.82. The fraction of sp³-hybridized carbons (Fsp3) is 0.533. The summed E-state index contributed by atoms with van der Waals surface area (Å²) in [7, 11) is 1.74. The van der Waals surface area contributed by atoms with E-state index in [1.54, 1.807) is 11.6 Å². The maximum absolute atomic E-state index is 11.5. The van der Waals surface area contributed by atoms with E-state index in [4.69, 9.17) is 4.42 Å². The molecule has 1 heterocycles. The minimum absolute atomic E-state index is 0.295. The van der Waals surface area contributed by atoms with Gasteiger partial charge in [0.25, 0.3) is 0 Å². The molecule has 102 valence electrons. The second-order valence-corrected chi connectivity index (χ2v) is 5.42. The van der Waals surface area contributed by atoms with Gasteiger partial charge in [0.1, 0.15) is 0 Å². The van der Waals surface area contributed by atoms with Crippen LogP contribution in [0.25, 0.3) is 11.1 Å². The molecule has 0 amide bonds. The molecule has 19 heavy (non-hydrogen) atoms. The number of hydrogen-bond donors (Lipinski definition) is 1. The molecule has 1 aliphatic rings. The molecule has 2 aromatic rings. The van der Waals surface area contributed by atoms with Gasteiger partial charge >= 0.3 is 5.76 Å². The molecule has 1 aliphatic carbocycles. The van der Waals surface area contributed by atoms with Gasteiger partial charge in [-0.15, -0.1) is 0 Å². The number of nitrogens with one attached hydrogen (secondary N) is 1. The van der Waals surface area contributed by atoms with Gasteiger partial charge in [-0.1, -0.05) is 13.0 Å². The predicted molar refractivity (Wildman–Crippen MR) is 75.2 cm³/mol. The van der Waals surface area contributed by atoms with E-state index >= 15 is 0 Å². The molecule has 1 aromatic carbocycles. The van der Waals surface area contributed by atoms with E-state index in [0.29, 0.717) is 11.6 Å². The lowest BCUT2D eigenvalue weighted by atomic mass is 10.0. The maximum atomic E-state index is 11.5. The van der Waals surface area contributed by atoms with Crippen molar-refractivity contribution in [1.29, 1.82) is 0 Å². The molecule has 4 nitrogen and oxygen atoms in total. The van der Waals surface area contributed by atoms with E-state index in [1.165, 1.54) is 18.4 Å². The summed E-state index contributed by atoms with van der Waals surface area (Å²) in [6, 6.07) is 6.51. The van der Waals surface area contributed by atoms with Gasteiger partial charge in [0.2, 0.25) is 0 Å². The van der Waals surface area contributed by atoms with Crippen molar-refractivity contribution in [3.63, 3.8) is 0 Å². The zero-order valence-electron chi connectivity index (χ0n) is 11.5. The summed E-state index contributed by atoms with van der Waals surface area (Å²) in [5, 5.41) is 3.61. The number of oxazole rings is 1. The van der Waals surface area contributed by atoms with E-state index in [1.807, 2.05) is 12.1 Å². The molecule has 1 aromatic heterocycles. The standard InChI is InChI=1S/C15H20N2O2/c1-3-8-16-14(10-4-5-10)11-6-7-12-13(9-11)19-15(18)17(12)2/h6-7,9-10,14,16H,3-5,8H2,1-2H3. The first-order valence-electron chi connectivity index (χ1n) is 7.03. The number of aromatic nitrogens is 1. The molecule has 1 fully saturated rings. The van der Waals surface area contributed by atoms with E-state index in [2.05, 4.69) is 18.3 Å². The Balaban J connectivity index is 1.96. The second-order valence-electron chi connectivity index (χ2n) is 5.42. The first-order valence-corrected chi connectivity index (χ1v) is 7.03. The van der Waals surface area contributed by atoms with Crippen LogP contribution in [-0.4, -0.2) is 11.1 Å². The Hall–Kier alpha value is -1.55. The van der Waals surface area contributed by atoms with Gasteiger partial charge in [-0.05, 0) is 49.4 Å². The molecule has 0 radical (unpaired) electrons. The molecule has 0 bridgehead atoms. The van der Waals surface area contributed by atoms with Gasteiger partial charge in [-0.3, -0.25) is 4.57 Å². The maximum Gasteiger partial charge on any atom is 0.419 e. The number of fused-ring (bicyclic) bond motifs is 1. The first-order chi connectivity index (χ1) is 9.20. The monoisotopic (exact) mass is 260 g/mol. The van der Waals surface area contributed by atoms with Crippen LogP contribution in [-0.2, 0) is 7.05 Å². The zero-order valence-corrected chi connectivity index (χ0v) is 11.5. The average molecular weight is 260 g/mol. The lowest BCUT2D eigenvalue weighted by molar-refractivity contribution is 0.480. The van der Waals surface area contributed by atoms with Crippen LogP contribution in [0.2, 0.25) is 0 Å². The van der Waals surface area contributed by atoms with Crippen LogP contribution in [0, 0.1) is 5.92 Å². The Kier molecular flexibility index (Phi) is 3.19. The molecule has 1 atom stereocenters. The van der Waals surface area contributed by atoms with Crippen LogP contribution in [0.5, 0.6) is 0 Å². The first kappa shape index (κ1) is 12.5. The van der Waals surface area contributed by atoms with Crippen molar-refractivity contribution >= 4 is 11.1 Å². The highest BCUT2D eigenvalue weighted by Gasteiger charge is 2.32. The fourth-order valence-corrected chi connectivity index (χ4v) is 2.63. The average Bonchev–Trinajstić information content (AvgIpc) is 3.19. The smallest absolute Gasteiger partial charge is 0.408 e. The van der Waals surface area contributed by atoms with Gasteiger partial charge in [-0.2, -0.15) is 0 Å². The Morgan fingerprint density at radius 3 is 2.95 bits per heavy atom. The molecule has 1 saturated carbocycles. The number of rotatable bonds is 5. The topological polar surface area (TPSA) is 47.2 Å². The summed E-state index contributed by atoms with van der Waals surface area (Å²) in [6.07, 6.45) is 3.71. The van der Waals surface area contributed by atoms with Gasteiger partial charge < -0.3 is 9.73 Å². The molecular formula is C15H20N2O2. The van der Waals surface area contributed by atoms with Gasteiger partial charge in [0.15, 0.2) is 5.58 Å². The van der Waals surface area contributed by atoms with Crippen LogP contribution in [0.4, 0.5) is 0 Å². The third kappa shape index (κ3) is 2.32. The molecule has 1 N–H and O–H groups in total. The summed E-state index contributed by atoms with van der Waals surface area (Å²) in [6.45, 7) is 3.20. The van der Waals surface area contributed by atoms with Crippen molar-refractivity contribution in [1.82, 2.24) is 9.88 Å². The third-order valence-electron chi connectivity index (χ3n) is 3.88. The number of nitrogens with zero attached hydrogens (tertiary/aromatic N) is 1. The Morgan fingerprint density at radius 1 is 1.47 bits per heavy atom. The summed E-state index contributed by atoms with van der Waals surface area (Å²) in [4.78, 5) is 11.5. The van der Waals surface area contributed by atoms with Gasteiger partial charge in [0, 0.05) is 13.1 Å². The van der Waals surface area contributed by atoms with Gasteiger partial charge in [-0.25, -0.2) is 4.79 Å². The molecule has 3 rings (SSSR count). The van der Waals surface area contributed by atoms with E-state index in [-0.39, 0.29) is 5.76 Å². The largest absolute Gasteiger partial charge is 0.419 e. The SMILES string of the molecule is CCCNC(c1ccc2c(c1)oc(=O)n2C)C1CC1. The van der Waals surface area contributed by atoms with Crippen LogP contribution in [0.1, 0.15) is 37.8 Å². The molecular weight excluding hydrogens is 240 g/mol. The van der Waals surface area contributed by atoms with Crippen LogP contribution in [0.3, 0.4) is 0 Å². The number of aryl methyl sites for hydroxylation is 1. The quantitative estimate of drug-likeness (QED) is 0.898. The normalized spacial score (nSPS) is 16.9. The zero-order chi connectivity index (χ0) is 13.4. The Labute approximate surface area is 112 Å². The minimum Gasteiger partial charge on any atom is -0.408 e. The lowest BCUT2D eigenvalue weighted by Crippen LogP contribution is -2.23. The van der Waals surface area contributed by atoms with Crippen molar-refractivity contribution < 1.29 is 4.42 Å². The van der Waals surface area contributed by atoms with Crippen molar-refractivity contribution in [2.45, 2.75) is 32.2 Å².